The van der Waals surface area contributed by atoms with Gasteiger partial charge in [0.15, 0.2) is 11.5 Å². The van der Waals surface area contributed by atoms with Gasteiger partial charge in [-0.15, -0.1) is 0 Å². The zero-order valence-corrected chi connectivity index (χ0v) is 17.0. The van der Waals surface area contributed by atoms with Crippen molar-refractivity contribution in [3.8, 4) is 23.1 Å². The lowest BCUT2D eigenvalue weighted by atomic mass is 10.1. The van der Waals surface area contributed by atoms with Crippen molar-refractivity contribution in [2.75, 3.05) is 38.8 Å². The van der Waals surface area contributed by atoms with Crippen LogP contribution in [0.4, 0.5) is 5.69 Å². The topological polar surface area (TPSA) is 89.0 Å². The highest BCUT2D eigenvalue weighted by molar-refractivity contribution is 5.87. The number of methoxy groups -OCH3 is 1. The van der Waals surface area contributed by atoms with Gasteiger partial charge in [-0.1, -0.05) is 12.5 Å². The molecule has 0 atom stereocenters. The number of nitrogens with zero attached hydrogens (tertiary/aromatic N) is 3. The van der Waals surface area contributed by atoms with E-state index < -0.39 is 0 Å². The highest BCUT2D eigenvalue weighted by Crippen LogP contribution is 2.36. The molecule has 1 aliphatic rings. The van der Waals surface area contributed by atoms with Gasteiger partial charge >= 0.3 is 0 Å². The fourth-order valence-electron chi connectivity index (χ4n) is 3.60. The van der Waals surface area contributed by atoms with Gasteiger partial charge < -0.3 is 14.2 Å². The van der Waals surface area contributed by atoms with E-state index in [1.54, 1.807) is 31.4 Å². The van der Waals surface area contributed by atoms with Crippen LogP contribution in [0.1, 0.15) is 19.3 Å². The molecule has 8 nitrogen and oxygen atoms in total. The van der Waals surface area contributed by atoms with Crippen LogP contribution in [0.3, 0.4) is 0 Å². The molecule has 0 aliphatic carbocycles. The van der Waals surface area contributed by atoms with Gasteiger partial charge in [0.2, 0.25) is 5.88 Å². The third kappa shape index (κ3) is 4.72. The normalized spacial score (nSPS) is 14.5. The third-order valence-electron chi connectivity index (χ3n) is 5.18. The van der Waals surface area contributed by atoms with E-state index in [-0.39, 0.29) is 0 Å². The molecule has 0 unspecified atom stereocenters. The number of anilines is 1. The highest BCUT2D eigenvalue weighted by atomic mass is 16.5. The van der Waals surface area contributed by atoms with E-state index in [4.69, 9.17) is 19.4 Å². The zero-order chi connectivity index (χ0) is 20.8. The summed E-state index contributed by atoms with van der Waals surface area (Å²) < 4.78 is 17.5. The first-order valence-electron chi connectivity index (χ1n) is 10.1. The van der Waals surface area contributed by atoms with Crippen LogP contribution in [-0.4, -0.2) is 53.4 Å². The van der Waals surface area contributed by atoms with Crippen LogP contribution in [0.25, 0.3) is 10.9 Å². The Morgan fingerprint density at radius 1 is 1.07 bits per heavy atom. The summed E-state index contributed by atoms with van der Waals surface area (Å²) in [5.74, 6) is 2.20. The molecule has 4 rings (SSSR count). The molecule has 1 aromatic heterocycles. The standard InChI is InChI=1S/C22H26N4O4/c1-28-20-14-19-18(13-21(20)29-11-10-26-8-3-2-4-9-26)22(24-15-23-19)30-17-7-5-6-16(12-17)25-27/h5-7,12-15,25,27H,2-4,8-11H2,1H3. The smallest absolute Gasteiger partial charge is 0.230 e. The predicted molar refractivity (Wildman–Crippen MR) is 114 cm³/mol. The molecule has 2 aromatic carbocycles. The van der Waals surface area contributed by atoms with Crippen LogP contribution in [0.2, 0.25) is 0 Å². The van der Waals surface area contributed by atoms with Gasteiger partial charge in [0.25, 0.3) is 0 Å². The van der Waals surface area contributed by atoms with Crippen molar-refractivity contribution >= 4 is 16.6 Å². The first kappa shape index (κ1) is 20.2. The van der Waals surface area contributed by atoms with Crippen molar-refractivity contribution in [3.63, 3.8) is 0 Å². The summed E-state index contributed by atoms with van der Waals surface area (Å²) in [4.78, 5) is 11.0. The molecule has 0 saturated carbocycles. The van der Waals surface area contributed by atoms with Gasteiger partial charge in [-0.25, -0.2) is 9.97 Å². The number of hydrogen-bond donors (Lipinski definition) is 2. The zero-order valence-electron chi connectivity index (χ0n) is 17.0. The van der Waals surface area contributed by atoms with Gasteiger partial charge in [-0.3, -0.25) is 15.6 Å². The van der Waals surface area contributed by atoms with Gasteiger partial charge in [-0.2, -0.15) is 0 Å². The summed E-state index contributed by atoms with van der Waals surface area (Å²) in [6.45, 7) is 3.73. The van der Waals surface area contributed by atoms with E-state index in [2.05, 4.69) is 20.3 Å². The average molecular weight is 410 g/mol. The van der Waals surface area contributed by atoms with E-state index in [9.17, 15) is 0 Å². The Bertz CT molecular complexity index is 992. The second-order valence-electron chi connectivity index (χ2n) is 7.19. The minimum Gasteiger partial charge on any atom is -0.493 e. The molecule has 0 radical (unpaired) electrons. The summed E-state index contributed by atoms with van der Waals surface area (Å²) in [5, 5.41) is 9.82. The second-order valence-corrected chi connectivity index (χ2v) is 7.19. The van der Waals surface area contributed by atoms with Gasteiger partial charge in [0.1, 0.15) is 18.7 Å². The minimum atomic E-state index is 0.402. The Balaban J connectivity index is 1.56. The number of rotatable bonds is 8. The van der Waals surface area contributed by atoms with Crippen LogP contribution in [-0.2, 0) is 0 Å². The van der Waals surface area contributed by atoms with E-state index in [0.717, 1.165) is 19.6 Å². The number of aromatic nitrogens is 2. The molecule has 30 heavy (non-hydrogen) atoms. The fraction of sp³-hybridized carbons (Fsp3) is 0.364. The molecular formula is C22H26N4O4. The number of fused-ring (bicyclic) bond motifs is 1. The summed E-state index contributed by atoms with van der Waals surface area (Å²) in [6.07, 6.45) is 5.27. The van der Waals surface area contributed by atoms with Gasteiger partial charge in [-0.05, 0) is 44.1 Å². The number of piperidine rings is 1. The van der Waals surface area contributed by atoms with Crippen molar-refractivity contribution < 1.29 is 19.4 Å². The van der Waals surface area contributed by atoms with Crippen molar-refractivity contribution in [1.82, 2.24) is 14.9 Å². The average Bonchev–Trinajstić information content (AvgIpc) is 2.80. The van der Waals surface area contributed by atoms with Crippen LogP contribution in [0.5, 0.6) is 23.1 Å². The Hall–Kier alpha value is -3.10. The van der Waals surface area contributed by atoms with E-state index >= 15 is 0 Å². The van der Waals surface area contributed by atoms with Crippen molar-refractivity contribution in [3.05, 3.63) is 42.7 Å². The molecule has 0 spiro atoms. The molecule has 1 saturated heterocycles. The van der Waals surface area contributed by atoms with E-state index in [1.807, 2.05) is 12.1 Å². The molecule has 2 N–H and O–H groups in total. The molecule has 158 valence electrons. The largest absolute Gasteiger partial charge is 0.493 e. The molecule has 2 heterocycles. The molecule has 8 heteroatoms. The third-order valence-corrected chi connectivity index (χ3v) is 5.18. The molecule has 3 aromatic rings. The number of nitrogens with one attached hydrogen (secondary N) is 1. The first-order valence-corrected chi connectivity index (χ1v) is 10.1. The second kappa shape index (κ2) is 9.60. The monoisotopic (exact) mass is 410 g/mol. The van der Waals surface area contributed by atoms with Crippen LogP contribution in [0.15, 0.2) is 42.7 Å². The maximum atomic E-state index is 9.11. The maximum absolute atomic E-state index is 9.11. The number of likely N-dealkylation sites (tertiary alicyclic amines) is 1. The minimum absolute atomic E-state index is 0.402. The molecule has 0 amide bonds. The summed E-state index contributed by atoms with van der Waals surface area (Å²) >= 11 is 0. The highest BCUT2D eigenvalue weighted by Gasteiger charge is 2.15. The SMILES string of the molecule is COc1cc2ncnc(Oc3cccc(NO)c3)c2cc1OCCN1CCCCC1. The molecule has 1 aliphatic heterocycles. The lowest BCUT2D eigenvalue weighted by Gasteiger charge is -2.26. The number of ether oxygens (including phenoxy) is 3. The lowest BCUT2D eigenvalue weighted by Crippen LogP contribution is -2.33. The Kier molecular flexibility index (Phi) is 6.46. The van der Waals surface area contributed by atoms with Gasteiger partial charge in [0.05, 0.1) is 23.7 Å². The Labute approximate surface area is 175 Å². The Morgan fingerprint density at radius 2 is 1.93 bits per heavy atom. The van der Waals surface area contributed by atoms with Crippen LogP contribution >= 0.6 is 0 Å². The van der Waals surface area contributed by atoms with Crippen LogP contribution < -0.4 is 19.7 Å². The molecule has 0 bridgehead atoms. The molecular weight excluding hydrogens is 384 g/mol. The van der Waals surface area contributed by atoms with E-state index in [0.29, 0.717) is 46.3 Å². The number of hydrogen-bond acceptors (Lipinski definition) is 8. The quantitative estimate of drug-likeness (QED) is 0.537. The predicted octanol–water partition coefficient (Wildman–Crippen LogP) is 4.10. The van der Waals surface area contributed by atoms with Crippen molar-refractivity contribution in [2.24, 2.45) is 0 Å². The van der Waals surface area contributed by atoms with Gasteiger partial charge in [0, 0.05) is 18.7 Å². The number of benzene rings is 2. The maximum Gasteiger partial charge on any atom is 0.230 e. The molecule has 1 fully saturated rings. The summed E-state index contributed by atoms with van der Waals surface area (Å²) in [7, 11) is 1.62. The van der Waals surface area contributed by atoms with Crippen molar-refractivity contribution in [2.45, 2.75) is 19.3 Å². The lowest BCUT2D eigenvalue weighted by molar-refractivity contribution is 0.180. The van der Waals surface area contributed by atoms with Crippen molar-refractivity contribution in [1.29, 1.82) is 0 Å². The summed E-state index contributed by atoms with van der Waals surface area (Å²) in [5.41, 5.74) is 3.33. The fourth-order valence-corrected chi connectivity index (χ4v) is 3.60. The van der Waals surface area contributed by atoms with Crippen LogP contribution in [0, 0.1) is 0 Å². The Morgan fingerprint density at radius 3 is 2.73 bits per heavy atom. The van der Waals surface area contributed by atoms with E-state index in [1.165, 1.54) is 25.6 Å². The summed E-state index contributed by atoms with van der Waals surface area (Å²) in [6, 6.07) is 10.6. The first-order chi connectivity index (χ1) is 14.8.